The molecule has 1 aliphatic heterocycles. The molecule has 1 rings (SSSR count). The van der Waals surface area contributed by atoms with Gasteiger partial charge in [-0.3, -0.25) is 0 Å². The van der Waals surface area contributed by atoms with Crippen molar-refractivity contribution in [3.8, 4) is 0 Å². The third-order valence-electron chi connectivity index (χ3n) is 0.789. The Balaban J connectivity index is 0. The summed E-state index contributed by atoms with van der Waals surface area (Å²) in [7, 11) is 0. The summed E-state index contributed by atoms with van der Waals surface area (Å²) in [6.45, 7) is 1.56. The van der Waals surface area contributed by atoms with Gasteiger partial charge in [-0.25, -0.2) is 9.78 Å². The van der Waals surface area contributed by atoms with Gasteiger partial charge in [-0.2, -0.15) is 0 Å². The van der Waals surface area contributed by atoms with E-state index in [1.165, 1.54) is 0 Å². The van der Waals surface area contributed by atoms with Crippen molar-refractivity contribution in [2.75, 3.05) is 13.2 Å². The van der Waals surface area contributed by atoms with Gasteiger partial charge in [0.25, 0.3) is 0 Å². The van der Waals surface area contributed by atoms with E-state index in [0.717, 1.165) is 26.1 Å². The fourth-order valence-corrected chi connectivity index (χ4v) is 0.440. The van der Waals surface area contributed by atoms with Crippen molar-refractivity contribution in [3.63, 3.8) is 0 Å². The molecular weight excluding hydrogens is 115 g/mol. The van der Waals surface area contributed by atoms with Crippen LogP contribution in [0.25, 0.3) is 0 Å². The predicted octanol–water partition coefficient (Wildman–Crippen LogP) is -2.16. The van der Waals surface area contributed by atoms with E-state index in [2.05, 4.69) is 9.78 Å². The topological polar surface area (TPSA) is 18.5 Å². The molecule has 0 radical (unpaired) electrons. The second-order valence-electron chi connectivity index (χ2n) is 1.35. The third kappa shape index (κ3) is 2.85. The van der Waals surface area contributed by atoms with Crippen molar-refractivity contribution in [2.45, 2.75) is 12.8 Å². The number of hydrogen-bond donors (Lipinski definition) is 0. The zero-order valence-electron chi connectivity index (χ0n) is 5.02. The van der Waals surface area contributed by atoms with Crippen molar-refractivity contribution in [3.05, 3.63) is 0 Å². The van der Waals surface area contributed by atoms with E-state index in [0.29, 0.717) is 0 Å². The molecule has 3 heteroatoms. The number of halogens is 1. The highest BCUT2D eigenvalue weighted by Crippen LogP contribution is 1.97. The Morgan fingerprint density at radius 3 is 1.57 bits per heavy atom. The monoisotopic (exact) mass is 124 g/mol. The zero-order valence-corrected chi connectivity index (χ0v) is 4.78. The first-order chi connectivity index (χ1) is 3.00. The minimum absolute atomic E-state index is 0. The smallest absolute Gasteiger partial charge is 1.00 e. The molecule has 44 valence electrons. The van der Waals surface area contributed by atoms with E-state index in [1.807, 2.05) is 0 Å². The van der Waals surface area contributed by atoms with Crippen LogP contribution in [-0.2, 0) is 9.78 Å². The van der Waals surface area contributed by atoms with Gasteiger partial charge in [0.05, 0.1) is 13.2 Å². The summed E-state index contributed by atoms with van der Waals surface area (Å²) < 4.78 is 0. The molecule has 0 spiro atoms. The average molecular weight is 125 g/mol. The molecule has 0 amide bonds. The van der Waals surface area contributed by atoms with E-state index in [-0.39, 0.29) is 13.8 Å². The van der Waals surface area contributed by atoms with E-state index in [4.69, 9.17) is 0 Å². The second kappa shape index (κ2) is 4.37. The maximum absolute atomic E-state index is 4.57. The van der Waals surface area contributed by atoms with Gasteiger partial charge in [0, 0.05) is 0 Å². The van der Waals surface area contributed by atoms with Gasteiger partial charge in [0.15, 0.2) is 0 Å². The van der Waals surface area contributed by atoms with Crippen LogP contribution < -0.4 is 12.4 Å². The lowest BCUT2D eigenvalue weighted by Gasteiger charge is -2.07. The lowest BCUT2D eigenvalue weighted by atomic mass is 10.3. The molecule has 0 N–H and O–H groups in total. The van der Waals surface area contributed by atoms with Crippen LogP contribution in [0, 0.1) is 0 Å². The molecule has 0 saturated carbocycles. The summed E-state index contributed by atoms with van der Waals surface area (Å²) in [4.78, 5) is 9.14. The minimum atomic E-state index is 0. The van der Waals surface area contributed by atoms with Crippen molar-refractivity contribution in [1.82, 2.24) is 0 Å². The zero-order chi connectivity index (χ0) is 4.24. The lowest BCUT2D eigenvalue weighted by molar-refractivity contribution is -0.312. The van der Waals surface area contributed by atoms with E-state index < -0.39 is 0 Å². The molecule has 1 aliphatic rings. The van der Waals surface area contributed by atoms with Crippen LogP contribution in [-0.4, -0.2) is 13.2 Å². The average Bonchev–Trinajstić information content (AvgIpc) is 1.72. The first-order valence-corrected chi connectivity index (χ1v) is 2.24. The van der Waals surface area contributed by atoms with E-state index >= 15 is 0 Å². The highest BCUT2D eigenvalue weighted by atomic mass is 35.5. The molecule has 0 aromatic heterocycles. The van der Waals surface area contributed by atoms with Crippen molar-refractivity contribution in [1.29, 1.82) is 0 Å². The van der Waals surface area contributed by atoms with Crippen LogP contribution in [0.3, 0.4) is 0 Å². The molecule has 1 heterocycles. The quantitative estimate of drug-likeness (QED) is 0.343. The van der Waals surface area contributed by atoms with Crippen molar-refractivity contribution < 1.29 is 23.6 Å². The molecule has 1 saturated heterocycles. The summed E-state index contributed by atoms with van der Waals surface area (Å²) in [6.07, 6.45) is 2.31. The summed E-state index contributed by atoms with van der Waals surface area (Å²) in [6, 6.07) is 0. The van der Waals surface area contributed by atoms with Gasteiger partial charge < -0.3 is 12.4 Å². The molecular formula is C4H9ClO2. The first kappa shape index (κ1) is 7.21. The van der Waals surface area contributed by atoms with Gasteiger partial charge in [0.2, 0.25) is 0 Å². The summed E-state index contributed by atoms with van der Waals surface area (Å²) >= 11 is 0. The van der Waals surface area contributed by atoms with Crippen molar-refractivity contribution >= 4 is 0 Å². The minimum Gasteiger partial charge on any atom is -1.00 e. The Labute approximate surface area is 50.6 Å². The molecule has 1 fully saturated rings. The maximum atomic E-state index is 4.57. The molecule has 0 bridgehead atoms. The molecule has 0 aromatic rings. The third-order valence-corrected chi connectivity index (χ3v) is 0.789. The van der Waals surface area contributed by atoms with Gasteiger partial charge in [-0.1, -0.05) is 0 Å². The van der Waals surface area contributed by atoms with Gasteiger partial charge in [-0.15, -0.1) is 0 Å². The fraction of sp³-hybridized carbons (Fsp3) is 1.00. The highest BCUT2D eigenvalue weighted by molar-refractivity contribution is 4.36. The Kier molecular flexibility index (Phi) is 4.50. The van der Waals surface area contributed by atoms with E-state index in [9.17, 15) is 0 Å². The predicted molar refractivity (Wildman–Crippen MR) is 22.2 cm³/mol. The molecule has 0 atom stereocenters. The summed E-state index contributed by atoms with van der Waals surface area (Å²) in [5, 5.41) is 0. The van der Waals surface area contributed by atoms with Gasteiger partial charge >= 0.3 is 1.43 Å². The van der Waals surface area contributed by atoms with Crippen LogP contribution >= 0.6 is 0 Å². The summed E-state index contributed by atoms with van der Waals surface area (Å²) in [5.41, 5.74) is 0. The Bertz CT molecular complexity index is 29.5. The van der Waals surface area contributed by atoms with Gasteiger partial charge in [-0.05, 0) is 12.8 Å². The fourth-order valence-electron chi connectivity index (χ4n) is 0.440. The number of hydrogen-bond acceptors (Lipinski definition) is 2. The molecule has 0 aliphatic carbocycles. The lowest BCUT2D eigenvalue weighted by Crippen LogP contribution is -3.00. The standard InChI is InChI=1S/C4H8O2.ClH/c1-2-4-6-5-3-1;/h1-4H2;1H. The van der Waals surface area contributed by atoms with Crippen LogP contribution in [0.5, 0.6) is 0 Å². The maximum Gasteiger partial charge on any atom is 1.00 e. The largest absolute Gasteiger partial charge is 1.00 e. The Morgan fingerprint density at radius 1 is 1.00 bits per heavy atom. The molecule has 0 aromatic carbocycles. The van der Waals surface area contributed by atoms with Crippen LogP contribution in [0.15, 0.2) is 0 Å². The van der Waals surface area contributed by atoms with Crippen molar-refractivity contribution in [2.24, 2.45) is 0 Å². The first-order valence-electron chi connectivity index (χ1n) is 2.24. The molecule has 2 nitrogen and oxygen atoms in total. The van der Waals surface area contributed by atoms with Crippen LogP contribution in [0.2, 0.25) is 0 Å². The normalized spacial score (nSPS) is 20.6. The molecule has 7 heavy (non-hydrogen) atoms. The Morgan fingerprint density at radius 2 is 1.43 bits per heavy atom. The highest BCUT2D eigenvalue weighted by Gasteiger charge is 1.95. The summed E-state index contributed by atoms with van der Waals surface area (Å²) in [5.74, 6) is 0. The second-order valence-corrected chi connectivity index (χ2v) is 1.35. The SMILES string of the molecule is C1CCOOC1.[Cl-].[H+]. The van der Waals surface area contributed by atoms with Gasteiger partial charge in [0.1, 0.15) is 0 Å². The van der Waals surface area contributed by atoms with Crippen LogP contribution in [0.1, 0.15) is 14.3 Å². The molecule has 0 unspecified atom stereocenters. The number of rotatable bonds is 0. The van der Waals surface area contributed by atoms with Crippen LogP contribution in [0.4, 0.5) is 0 Å². The van der Waals surface area contributed by atoms with E-state index in [1.54, 1.807) is 0 Å². The Hall–Kier alpha value is 0.210.